The molecule has 426 valence electrons. The first kappa shape index (κ1) is 63.1. The van der Waals surface area contributed by atoms with Gasteiger partial charge in [-0.25, -0.2) is 0 Å². The van der Waals surface area contributed by atoms with E-state index >= 15 is 0 Å². The van der Waals surface area contributed by atoms with Gasteiger partial charge in [-0.3, -0.25) is 57.9 Å². The fraction of sp³-hybridized carbons (Fsp3) is 0.625. The van der Waals surface area contributed by atoms with Crippen molar-refractivity contribution in [3.8, 4) is 0 Å². The average Bonchev–Trinajstić information content (AvgIpc) is 3.39. The second kappa shape index (κ2) is 33.7. The van der Waals surface area contributed by atoms with Gasteiger partial charge in [-0.1, -0.05) is 88.4 Å². The number of carboxylic acids is 3. The van der Waals surface area contributed by atoms with Gasteiger partial charge in [0.15, 0.2) is 0 Å². The lowest BCUT2D eigenvalue weighted by molar-refractivity contribution is -0.141. The van der Waals surface area contributed by atoms with Gasteiger partial charge in [-0.05, 0) is 86.2 Å². The highest BCUT2D eigenvalue weighted by atomic mass is 16.4. The fourth-order valence-electron chi connectivity index (χ4n) is 10.2. The summed E-state index contributed by atoms with van der Waals surface area (Å²) < 4.78 is 0. The molecule has 0 saturated heterocycles. The maximum Gasteiger partial charge on any atom is 0.317 e. The lowest BCUT2D eigenvalue weighted by Gasteiger charge is -2.31. The normalized spacial score (nSPS) is 18.3. The third-order valence-electron chi connectivity index (χ3n) is 14.8. The molecule has 6 amide bonds. The van der Waals surface area contributed by atoms with Crippen molar-refractivity contribution in [2.75, 3.05) is 85.1 Å². The molecule has 2 fully saturated rings. The Morgan fingerprint density at radius 1 is 0.442 bits per heavy atom. The molecule has 21 heteroatoms. The van der Waals surface area contributed by atoms with Crippen LogP contribution in [-0.4, -0.2) is 181 Å². The lowest BCUT2D eigenvalue weighted by Crippen LogP contribution is -2.51. The van der Waals surface area contributed by atoms with Crippen LogP contribution >= 0.6 is 0 Å². The molecule has 2 saturated carbocycles. The summed E-state index contributed by atoms with van der Waals surface area (Å²) >= 11 is 0. The van der Waals surface area contributed by atoms with Crippen molar-refractivity contribution in [2.24, 2.45) is 35.5 Å². The van der Waals surface area contributed by atoms with Crippen molar-refractivity contribution in [2.45, 2.75) is 104 Å². The summed E-state index contributed by atoms with van der Waals surface area (Å²) in [5, 5.41) is 45.9. The summed E-state index contributed by atoms with van der Waals surface area (Å²) in [6.07, 6.45) is 7.41. The maximum atomic E-state index is 13.5. The minimum Gasteiger partial charge on any atom is -0.480 e. The minimum atomic E-state index is -1.24. The van der Waals surface area contributed by atoms with Gasteiger partial charge in [0, 0.05) is 77.0 Å². The number of nitrogens with one attached hydrogen (secondary N) is 6. The van der Waals surface area contributed by atoms with E-state index < -0.39 is 73.3 Å². The van der Waals surface area contributed by atoms with Crippen molar-refractivity contribution in [1.82, 2.24) is 46.6 Å². The van der Waals surface area contributed by atoms with Crippen LogP contribution in [0, 0.1) is 35.5 Å². The maximum absolute atomic E-state index is 13.5. The Morgan fingerprint density at radius 3 is 1.08 bits per heavy atom. The van der Waals surface area contributed by atoms with E-state index in [1.807, 2.05) is 60.7 Å². The van der Waals surface area contributed by atoms with Crippen LogP contribution in [0.15, 0.2) is 60.7 Å². The van der Waals surface area contributed by atoms with Crippen molar-refractivity contribution >= 4 is 53.4 Å². The summed E-state index contributed by atoms with van der Waals surface area (Å²) in [5.41, 5.74) is 1.73. The van der Waals surface area contributed by atoms with E-state index in [0.29, 0.717) is 23.7 Å². The number of hydrogen-bond acceptors (Lipinski definition) is 12. The van der Waals surface area contributed by atoms with Gasteiger partial charge in [-0.15, -0.1) is 0 Å². The van der Waals surface area contributed by atoms with Gasteiger partial charge < -0.3 is 47.2 Å². The van der Waals surface area contributed by atoms with Crippen molar-refractivity contribution in [1.29, 1.82) is 0 Å². The second-order valence-corrected chi connectivity index (χ2v) is 21.4. The number of nitrogens with zero attached hydrogens (tertiary/aromatic N) is 3. The molecule has 2 aliphatic rings. The quantitative estimate of drug-likeness (QED) is 0.0453. The molecule has 0 spiro atoms. The van der Waals surface area contributed by atoms with Crippen LogP contribution in [-0.2, 0) is 56.0 Å². The molecule has 0 aromatic heterocycles. The van der Waals surface area contributed by atoms with Gasteiger partial charge in [0.25, 0.3) is 0 Å². The second-order valence-electron chi connectivity index (χ2n) is 21.4. The number of benzene rings is 2. The summed E-state index contributed by atoms with van der Waals surface area (Å²) in [6.45, 7) is 6.24. The molecule has 0 aliphatic heterocycles. The van der Waals surface area contributed by atoms with Gasteiger partial charge in [0.2, 0.25) is 35.4 Å². The molecule has 0 heterocycles. The third kappa shape index (κ3) is 24.6. The molecule has 2 aromatic carbocycles. The van der Waals surface area contributed by atoms with E-state index in [1.54, 1.807) is 0 Å². The van der Waals surface area contributed by atoms with E-state index in [2.05, 4.69) is 59.6 Å². The molecule has 0 unspecified atom stereocenters. The number of carbonyl (C=O) groups excluding carboxylic acids is 6. The summed E-state index contributed by atoms with van der Waals surface area (Å²) in [7, 11) is 0. The summed E-state index contributed by atoms with van der Waals surface area (Å²) in [4.78, 5) is 119. The van der Waals surface area contributed by atoms with Gasteiger partial charge in [0.1, 0.15) is 12.1 Å². The molecule has 2 atom stereocenters. The Bertz CT molecular complexity index is 2060. The molecule has 2 aromatic rings. The Morgan fingerprint density at radius 2 is 0.753 bits per heavy atom. The molecule has 2 aliphatic carbocycles. The van der Waals surface area contributed by atoms with Gasteiger partial charge >= 0.3 is 17.9 Å². The van der Waals surface area contributed by atoms with Crippen molar-refractivity contribution < 1.29 is 58.5 Å². The summed E-state index contributed by atoms with van der Waals surface area (Å²) in [6, 6.07) is 16.9. The molecule has 0 bridgehead atoms. The van der Waals surface area contributed by atoms with E-state index in [9.17, 15) is 58.5 Å². The topological polar surface area (TPSA) is 296 Å². The standard InChI is InChI=1S/C56H85N9O12/c1-38(2)42-15-19-44(20-16-42)53(74)61-46(31-40-11-7-5-8-12-40)55(76)59-25-23-57-48(66)33-64(36-51(70)71)29-27-63(35-50(68)69)28-30-65(37-52(72)73)34-49(67)58-24-26-60-56(77)47(32-41-13-9-6-10-14-41)62-54(75)45-21-17-43(18-22-45)39(3)4/h5-14,38-39,42-47H,15-37H2,1-4H3,(H,57,66)(H,58,67)(H,59,76)(H,60,77)(H,61,74)(H,62,75)(H,68,69)(H,70,71)(H,72,73)/t42-,43-,44-,45-,46-,47+. The van der Waals surface area contributed by atoms with Crippen LogP contribution < -0.4 is 31.9 Å². The van der Waals surface area contributed by atoms with Crippen LogP contribution in [0.3, 0.4) is 0 Å². The largest absolute Gasteiger partial charge is 0.480 e. The average molecular weight is 1080 g/mol. The Hall–Kier alpha value is -6.45. The Balaban J connectivity index is 1.23. The van der Waals surface area contributed by atoms with Crippen LogP contribution in [0.25, 0.3) is 0 Å². The number of carboxylic acid groups (broad SMARTS) is 3. The molecule has 0 radical (unpaired) electrons. The number of rotatable bonds is 34. The minimum absolute atomic E-state index is 0.00217. The van der Waals surface area contributed by atoms with E-state index in [-0.39, 0.29) is 102 Å². The monoisotopic (exact) mass is 1080 g/mol. The highest BCUT2D eigenvalue weighted by molar-refractivity contribution is 5.90. The van der Waals surface area contributed by atoms with Gasteiger partial charge in [-0.2, -0.15) is 0 Å². The van der Waals surface area contributed by atoms with Crippen LogP contribution in [0.1, 0.15) is 90.2 Å². The smallest absolute Gasteiger partial charge is 0.317 e. The molecular weight excluding hydrogens is 991 g/mol. The number of amides is 6. The molecule has 9 N–H and O–H groups in total. The summed E-state index contributed by atoms with van der Waals surface area (Å²) in [5.74, 6) is -4.05. The van der Waals surface area contributed by atoms with Crippen molar-refractivity contribution in [3.63, 3.8) is 0 Å². The zero-order valence-corrected chi connectivity index (χ0v) is 45.5. The van der Waals surface area contributed by atoms with E-state index in [0.717, 1.165) is 62.5 Å². The number of carbonyl (C=O) groups is 9. The number of aliphatic carboxylic acids is 3. The first-order valence-corrected chi connectivity index (χ1v) is 27.4. The molecular formula is C56H85N9O12. The van der Waals surface area contributed by atoms with Gasteiger partial charge in [0.05, 0.1) is 32.7 Å². The van der Waals surface area contributed by atoms with Crippen molar-refractivity contribution in [3.05, 3.63) is 71.8 Å². The third-order valence-corrected chi connectivity index (χ3v) is 14.8. The van der Waals surface area contributed by atoms with Crippen LogP contribution in [0.5, 0.6) is 0 Å². The molecule has 21 nitrogen and oxygen atoms in total. The number of hydrogen-bond donors (Lipinski definition) is 9. The van der Waals surface area contributed by atoms with Crippen LogP contribution in [0.4, 0.5) is 0 Å². The molecule has 4 rings (SSSR count). The first-order valence-electron chi connectivity index (χ1n) is 27.4. The lowest BCUT2D eigenvalue weighted by atomic mass is 9.76. The van der Waals surface area contributed by atoms with Crippen LogP contribution in [0.2, 0.25) is 0 Å². The van der Waals surface area contributed by atoms with E-state index in [1.165, 1.54) is 14.7 Å². The fourth-order valence-corrected chi connectivity index (χ4v) is 10.2. The zero-order chi connectivity index (χ0) is 56.3. The van der Waals surface area contributed by atoms with E-state index in [4.69, 9.17) is 0 Å². The highest BCUT2D eigenvalue weighted by Gasteiger charge is 2.32. The Kier molecular flexibility index (Phi) is 27.6. The SMILES string of the molecule is CC(C)[C@H]1CC[C@H](C(=O)N[C@@H](Cc2ccccc2)C(=O)NCCNC(=O)CN(CCN(CCN(CC(=O)O)CC(=O)NCCNC(=O)[C@@H](Cc2ccccc2)NC(=O)[C@H]2CC[C@H](C(C)C)CC2)CC(=O)O)CC(=O)O)CC1. The zero-order valence-electron chi connectivity index (χ0n) is 45.5. The molecule has 77 heavy (non-hydrogen) atoms. The Labute approximate surface area is 453 Å². The predicted molar refractivity (Wildman–Crippen MR) is 289 cm³/mol. The highest BCUT2D eigenvalue weighted by Crippen LogP contribution is 2.34. The predicted octanol–water partition coefficient (Wildman–Crippen LogP) is 1.99. The first-order chi connectivity index (χ1) is 36.8.